The molecule has 132 valence electrons. The summed E-state index contributed by atoms with van der Waals surface area (Å²) in [6.07, 6.45) is 4.96. The molecule has 2 aromatic carbocycles. The molecular formula is C21H27N3O. The van der Waals surface area contributed by atoms with Gasteiger partial charge in [-0.15, -0.1) is 0 Å². The summed E-state index contributed by atoms with van der Waals surface area (Å²) in [6.45, 7) is 5.49. The molecule has 2 saturated heterocycles. The van der Waals surface area contributed by atoms with E-state index in [-0.39, 0.29) is 6.03 Å². The van der Waals surface area contributed by atoms with Crippen molar-refractivity contribution in [3.8, 4) is 0 Å². The molecule has 25 heavy (non-hydrogen) atoms. The maximum atomic E-state index is 12.7. The minimum Gasteiger partial charge on any atom is -0.325 e. The molecule has 0 radical (unpaired) electrons. The molecule has 0 spiro atoms. The number of piperidine rings is 1. The first kappa shape index (κ1) is 16.4. The number of nitrogens with zero attached hydrogens (tertiary/aromatic N) is 2. The molecule has 0 saturated carbocycles. The van der Waals surface area contributed by atoms with E-state index in [1.54, 1.807) is 0 Å². The van der Waals surface area contributed by atoms with E-state index >= 15 is 0 Å². The van der Waals surface area contributed by atoms with Crippen LogP contribution in [0.2, 0.25) is 0 Å². The Kier molecular flexibility index (Phi) is 4.88. The fraction of sp³-hybridized carbons (Fsp3) is 0.476. The van der Waals surface area contributed by atoms with Gasteiger partial charge in [-0.05, 0) is 56.1 Å². The number of benzene rings is 2. The van der Waals surface area contributed by atoms with Gasteiger partial charge in [0.25, 0.3) is 0 Å². The number of anilines is 1. The van der Waals surface area contributed by atoms with Gasteiger partial charge in [-0.3, -0.25) is 0 Å². The number of nitrogens with one attached hydrogen (secondary N) is 1. The lowest BCUT2D eigenvalue weighted by Gasteiger charge is -2.34. The van der Waals surface area contributed by atoms with E-state index in [0.29, 0.717) is 0 Å². The van der Waals surface area contributed by atoms with Gasteiger partial charge in [0.1, 0.15) is 0 Å². The smallest absolute Gasteiger partial charge is 0.321 e. The third-order valence-electron chi connectivity index (χ3n) is 5.65. The summed E-state index contributed by atoms with van der Waals surface area (Å²) < 4.78 is 0. The van der Waals surface area contributed by atoms with Crippen LogP contribution in [0.4, 0.5) is 10.5 Å². The number of likely N-dealkylation sites (tertiary alicyclic amines) is 2. The molecule has 2 fully saturated rings. The minimum absolute atomic E-state index is 0.0379. The molecule has 2 heterocycles. The van der Waals surface area contributed by atoms with Crippen LogP contribution >= 0.6 is 0 Å². The summed E-state index contributed by atoms with van der Waals surface area (Å²) in [5, 5.41) is 5.38. The van der Waals surface area contributed by atoms with Crippen LogP contribution in [0.5, 0.6) is 0 Å². The van der Waals surface area contributed by atoms with Crippen LogP contribution in [0.3, 0.4) is 0 Å². The van der Waals surface area contributed by atoms with Crippen LogP contribution in [0, 0.1) is 5.92 Å². The van der Waals surface area contributed by atoms with Crippen LogP contribution in [-0.2, 0) is 0 Å². The molecule has 0 unspecified atom stereocenters. The fourth-order valence-electron chi connectivity index (χ4n) is 4.18. The van der Waals surface area contributed by atoms with Gasteiger partial charge in [-0.25, -0.2) is 4.79 Å². The second-order valence-electron chi connectivity index (χ2n) is 7.40. The molecule has 4 nitrogen and oxygen atoms in total. The Bertz CT molecular complexity index is 726. The monoisotopic (exact) mass is 337 g/mol. The van der Waals surface area contributed by atoms with Gasteiger partial charge in [-0.2, -0.15) is 0 Å². The van der Waals surface area contributed by atoms with Crippen molar-refractivity contribution in [2.75, 3.05) is 38.0 Å². The maximum absolute atomic E-state index is 12.7. The second-order valence-corrected chi connectivity index (χ2v) is 7.40. The largest absolute Gasteiger partial charge is 0.325 e. The van der Waals surface area contributed by atoms with Crippen molar-refractivity contribution in [1.29, 1.82) is 0 Å². The van der Waals surface area contributed by atoms with Crippen LogP contribution < -0.4 is 5.32 Å². The van der Waals surface area contributed by atoms with Crippen molar-refractivity contribution >= 4 is 22.5 Å². The fourth-order valence-corrected chi connectivity index (χ4v) is 4.18. The number of carbonyl (C=O) groups excluding carboxylic acids is 1. The summed E-state index contributed by atoms with van der Waals surface area (Å²) in [5.41, 5.74) is 0.905. The highest BCUT2D eigenvalue weighted by atomic mass is 16.2. The molecule has 1 N–H and O–H groups in total. The highest BCUT2D eigenvalue weighted by molar-refractivity contribution is 6.01. The summed E-state index contributed by atoms with van der Waals surface area (Å²) in [5.74, 6) is 0.750. The first-order valence-corrected chi connectivity index (χ1v) is 9.55. The zero-order valence-electron chi connectivity index (χ0n) is 14.8. The number of hydrogen-bond acceptors (Lipinski definition) is 2. The van der Waals surface area contributed by atoms with E-state index in [0.717, 1.165) is 48.3 Å². The highest BCUT2D eigenvalue weighted by Gasteiger charge is 2.25. The third kappa shape index (κ3) is 3.79. The number of fused-ring (bicyclic) bond motifs is 1. The van der Waals surface area contributed by atoms with Crippen LogP contribution in [-0.4, -0.2) is 48.6 Å². The standard InChI is InChI=1S/C21H27N3O/c25-21(22-20-9-5-7-18-6-1-2-8-19(18)20)24-14-10-17(11-15-24)16-23-12-3-4-13-23/h1-2,5-9,17H,3-4,10-16H2,(H,22,25). The van der Waals surface area contributed by atoms with Crippen molar-refractivity contribution in [3.05, 3.63) is 42.5 Å². The van der Waals surface area contributed by atoms with Crippen LogP contribution in [0.25, 0.3) is 10.8 Å². The lowest BCUT2D eigenvalue weighted by Crippen LogP contribution is -2.43. The van der Waals surface area contributed by atoms with Gasteiger partial charge in [0.2, 0.25) is 0 Å². The third-order valence-corrected chi connectivity index (χ3v) is 5.65. The molecule has 2 aromatic rings. The zero-order valence-corrected chi connectivity index (χ0v) is 14.8. The molecule has 0 atom stereocenters. The highest BCUT2D eigenvalue weighted by Crippen LogP contribution is 2.25. The number of amides is 2. The Morgan fingerprint density at radius 2 is 1.68 bits per heavy atom. The summed E-state index contributed by atoms with van der Waals surface area (Å²) in [7, 11) is 0. The lowest BCUT2D eigenvalue weighted by molar-refractivity contribution is 0.163. The molecule has 4 heteroatoms. The first-order valence-electron chi connectivity index (χ1n) is 9.55. The van der Waals surface area contributed by atoms with E-state index < -0.39 is 0 Å². The van der Waals surface area contributed by atoms with Crippen LogP contribution in [0.1, 0.15) is 25.7 Å². The van der Waals surface area contributed by atoms with Gasteiger partial charge in [0.15, 0.2) is 0 Å². The average Bonchev–Trinajstić information content (AvgIpc) is 3.16. The first-order chi connectivity index (χ1) is 12.3. The van der Waals surface area contributed by atoms with E-state index in [9.17, 15) is 4.79 Å². The van der Waals surface area contributed by atoms with E-state index in [1.165, 1.54) is 32.5 Å². The average molecular weight is 337 g/mol. The Balaban J connectivity index is 1.34. The summed E-state index contributed by atoms with van der Waals surface area (Å²) >= 11 is 0. The number of hydrogen-bond donors (Lipinski definition) is 1. The lowest BCUT2D eigenvalue weighted by atomic mass is 9.96. The zero-order chi connectivity index (χ0) is 17.1. The van der Waals surface area contributed by atoms with Gasteiger partial charge in [-0.1, -0.05) is 36.4 Å². The second kappa shape index (κ2) is 7.44. The predicted molar refractivity (Wildman–Crippen MR) is 103 cm³/mol. The van der Waals surface area contributed by atoms with E-state index in [2.05, 4.69) is 28.4 Å². The summed E-state index contributed by atoms with van der Waals surface area (Å²) in [6, 6.07) is 14.3. The van der Waals surface area contributed by atoms with Gasteiger partial charge in [0.05, 0.1) is 5.69 Å². The van der Waals surface area contributed by atoms with Gasteiger partial charge >= 0.3 is 6.03 Å². The SMILES string of the molecule is O=C(Nc1cccc2ccccc12)N1CCC(CN2CCCC2)CC1. The minimum atomic E-state index is 0.0379. The van der Waals surface area contributed by atoms with Crippen molar-refractivity contribution in [3.63, 3.8) is 0 Å². The van der Waals surface area contributed by atoms with Gasteiger partial charge in [0, 0.05) is 25.0 Å². The Morgan fingerprint density at radius 3 is 2.48 bits per heavy atom. The Morgan fingerprint density at radius 1 is 0.960 bits per heavy atom. The molecular weight excluding hydrogens is 310 g/mol. The molecule has 0 aromatic heterocycles. The van der Waals surface area contributed by atoms with Crippen molar-refractivity contribution in [2.45, 2.75) is 25.7 Å². The Labute approximate surface area is 149 Å². The summed E-state index contributed by atoms with van der Waals surface area (Å²) in [4.78, 5) is 17.2. The molecule has 4 rings (SSSR count). The topological polar surface area (TPSA) is 35.6 Å². The van der Waals surface area contributed by atoms with E-state index in [1.807, 2.05) is 29.2 Å². The quantitative estimate of drug-likeness (QED) is 0.912. The maximum Gasteiger partial charge on any atom is 0.321 e. The normalized spacial score (nSPS) is 19.4. The van der Waals surface area contributed by atoms with E-state index in [4.69, 9.17) is 0 Å². The molecule has 0 aliphatic carbocycles. The van der Waals surface area contributed by atoms with Crippen molar-refractivity contribution in [1.82, 2.24) is 9.80 Å². The number of rotatable bonds is 3. The molecule has 2 aliphatic rings. The number of urea groups is 1. The predicted octanol–water partition coefficient (Wildman–Crippen LogP) is 4.18. The molecule has 2 aliphatic heterocycles. The van der Waals surface area contributed by atoms with Crippen molar-refractivity contribution < 1.29 is 4.79 Å². The van der Waals surface area contributed by atoms with Gasteiger partial charge < -0.3 is 15.1 Å². The molecule has 2 amide bonds. The van der Waals surface area contributed by atoms with Crippen molar-refractivity contribution in [2.24, 2.45) is 5.92 Å². The number of carbonyl (C=O) groups is 1. The molecule has 0 bridgehead atoms. The van der Waals surface area contributed by atoms with Crippen LogP contribution in [0.15, 0.2) is 42.5 Å². The Hall–Kier alpha value is -2.07.